The van der Waals surface area contributed by atoms with Gasteiger partial charge in [0.2, 0.25) is 15.6 Å². The summed E-state index contributed by atoms with van der Waals surface area (Å²) in [6, 6.07) is 7.24. The summed E-state index contributed by atoms with van der Waals surface area (Å²) in [4.78, 5) is 27.8. The molecule has 0 atom stereocenters. The minimum atomic E-state index is -3.81. The Bertz CT molecular complexity index is 1030. The molecular weight excluding hydrogens is 386 g/mol. The number of carbonyl (C=O) groups excluding carboxylic acids is 2. The van der Waals surface area contributed by atoms with E-state index in [1.165, 1.54) is 30.3 Å². The lowest BCUT2D eigenvalue weighted by atomic mass is 10.1. The number of benzene rings is 1. The maximum Gasteiger partial charge on any atom is 0.265 e. The van der Waals surface area contributed by atoms with Crippen LogP contribution in [0.15, 0.2) is 51.1 Å². The van der Waals surface area contributed by atoms with Gasteiger partial charge in [-0.3, -0.25) is 14.7 Å². The second-order valence-electron chi connectivity index (χ2n) is 4.95. The topological polar surface area (TPSA) is 110 Å². The van der Waals surface area contributed by atoms with Gasteiger partial charge in [0.15, 0.2) is 5.82 Å². The second-order valence-corrected chi connectivity index (χ2v) is 8.45. The summed E-state index contributed by atoms with van der Waals surface area (Å²) in [5.41, 5.74) is 0.262. The van der Waals surface area contributed by atoms with Crippen molar-refractivity contribution < 1.29 is 18.0 Å². The zero-order valence-electron chi connectivity index (χ0n) is 12.5. The highest BCUT2D eigenvalue weighted by molar-refractivity contribution is 7.93. The third-order valence-electron chi connectivity index (χ3n) is 3.31. The standard InChI is InChI=1S/C15H10ClN3O4S2/c16-10-1-3-11(4-2-10)25(22,23)15-9(5-6-24-15)7-12(20)13(21)14-17-8-18-19-14/h1-6,8H,7H2,(H,17,18,19). The zero-order chi connectivity index (χ0) is 18.0. The van der Waals surface area contributed by atoms with E-state index in [9.17, 15) is 18.0 Å². The number of H-pyrrole nitrogens is 1. The minimum Gasteiger partial charge on any atom is -0.290 e. The molecule has 10 heteroatoms. The maximum absolute atomic E-state index is 12.7. The third kappa shape index (κ3) is 3.53. The summed E-state index contributed by atoms with van der Waals surface area (Å²) in [7, 11) is -3.81. The first kappa shape index (κ1) is 17.5. The van der Waals surface area contributed by atoms with Crippen molar-refractivity contribution in [2.24, 2.45) is 0 Å². The van der Waals surface area contributed by atoms with Crippen LogP contribution in [0.5, 0.6) is 0 Å². The van der Waals surface area contributed by atoms with E-state index in [1.54, 1.807) is 5.38 Å². The number of carbonyl (C=O) groups is 2. The Hall–Kier alpha value is -2.36. The lowest BCUT2D eigenvalue weighted by molar-refractivity contribution is -0.114. The molecule has 2 aromatic heterocycles. The molecule has 0 amide bonds. The Morgan fingerprint density at radius 3 is 2.52 bits per heavy atom. The molecule has 2 heterocycles. The summed E-state index contributed by atoms with van der Waals surface area (Å²) >= 11 is 6.77. The van der Waals surface area contributed by atoms with Crippen molar-refractivity contribution in [3.05, 3.63) is 58.4 Å². The maximum atomic E-state index is 12.7. The van der Waals surface area contributed by atoms with Crippen molar-refractivity contribution in [2.75, 3.05) is 0 Å². The Morgan fingerprint density at radius 2 is 1.88 bits per heavy atom. The molecule has 0 spiro atoms. The molecule has 0 unspecified atom stereocenters. The summed E-state index contributed by atoms with van der Waals surface area (Å²) in [5.74, 6) is -1.80. The Morgan fingerprint density at radius 1 is 1.16 bits per heavy atom. The summed E-state index contributed by atoms with van der Waals surface area (Å²) in [6.07, 6.45) is 0.771. The van der Waals surface area contributed by atoms with Gasteiger partial charge in [-0.1, -0.05) is 11.6 Å². The monoisotopic (exact) mass is 395 g/mol. The third-order valence-corrected chi connectivity index (χ3v) is 6.90. The van der Waals surface area contributed by atoms with E-state index in [1.807, 2.05) is 0 Å². The number of ketones is 2. The molecule has 0 saturated carbocycles. The first-order valence-corrected chi connectivity index (χ1v) is 9.63. The first-order chi connectivity index (χ1) is 11.9. The molecule has 0 fully saturated rings. The zero-order valence-corrected chi connectivity index (χ0v) is 14.9. The number of aromatic nitrogens is 3. The molecule has 0 aliphatic rings. The Balaban J connectivity index is 1.89. The predicted molar refractivity (Wildman–Crippen MR) is 90.6 cm³/mol. The number of halogens is 1. The van der Waals surface area contributed by atoms with E-state index in [0.717, 1.165) is 17.7 Å². The number of hydrogen-bond donors (Lipinski definition) is 1. The minimum absolute atomic E-state index is 0.0218. The number of nitrogens with one attached hydrogen (secondary N) is 1. The first-order valence-electron chi connectivity index (χ1n) is 6.89. The van der Waals surface area contributed by atoms with Crippen molar-refractivity contribution >= 4 is 44.3 Å². The van der Waals surface area contributed by atoms with Gasteiger partial charge in [0.05, 0.1) is 4.90 Å². The van der Waals surface area contributed by atoms with Crippen LogP contribution in [0.25, 0.3) is 0 Å². The van der Waals surface area contributed by atoms with Gasteiger partial charge in [0, 0.05) is 11.4 Å². The Labute approximate surface area is 151 Å². The molecule has 1 N–H and O–H groups in total. The number of sulfone groups is 1. The van der Waals surface area contributed by atoms with Gasteiger partial charge >= 0.3 is 0 Å². The van der Waals surface area contributed by atoms with Gasteiger partial charge in [-0.15, -0.1) is 11.3 Å². The number of hydrogen-bond acceptors (Lipinski definition) is 7. The van der Waals surface area contributed by atoms with Crippen LogP contribution in [0, 0.1) is 0 Å². The van der Waals surface area contributed by atoms with Crippen LogP contribution in [0.3, 0.4) is 0 Å². The van der Waals surface area contributed by atoms with Crippen LogP contribution in [0.1, 0.15) is 16.2 Å². The molecule has 3 aromatic rings. The summed E-state index contributed by atoms with van der Waals surface area (Å²) in [5, 5.41) is 7.80. The smallest absolute Gasteiger partial charge is 0.265 e. The number of aromatic amines is 1. The quantitative estimate of drug-likeness (QED) is 0.506. The number of nitrogens with zero attached hydrogens (tertiary/aromatic N) is 2. The molecule has 0 aliphatic carbocycles. The van der Waals surface area contributed by atoms with Crippen LogP contribution in [-0.2, 0) is 21.1 Å². The van der Waals surface area contributed by atoms with Crippen molar-refractivity contribution in [3.8, 4) is 0 Å². The van der Waals surface area contributed by atoms with Crippen LogP contribution >= 0.6 is 22.9 Å². The molecule has 128 valence electrons. The van der Waals surface area contributed by atoms with Gasteiger partial charge in [0.1, 0.15) is 10.5 Å². The highest BCUT2D eigenvalue weighted by Gasteiger charge is 2.26. The van der Waals surface area contributed by atoms with Gasteiger partial charge in [-0.25, -0.2) is 13.4 Å². The van der Waals surface area contributed by atoms with Crippen LogP contribution < -0.4 is 0 Å². The van der Waals surface area contributed by atoms with Crippen molar-refractivity contribution in [1.29, 1.82) is 0 Å². The van der Waals surface area contributed by atoms with Crippen LogP contribution in [0.2, 0.25) is 5.02 Å². The van der Waals surface area contributed by atoms with Gasteiger partial charge < -0.3 is 0 Å². The molecule has 25 heavy (non-hydrogen) atoms. The number of thiophene rings is 1. The highest BCUT2D eigenvalue weighted by atomic mass is 35.5. The molecule has 1 aromatic carbocycles. The van der Waals surface area contributed by atoms with E-state index >= 15 is 0 Å². The average molecular weight is 396 g/mol. The number of rotatable bonds is 6. The average Bonchev–Trinajstić information content (AvgIpc) is 3.26. The molecular formula is C15H10ClN3O4S2. The molecule has 0 bridgehead atoms. The van der Waals surface area contributed by atoms with Crippen LogP contribution in [-0.4, -0.2) is 35.2 Å². The molecule has 0 radical (unpaired) electrons. The fraction of sp³-hybridized carbons (Fsp3) is 0.0667. The van der Waals surface area contributed by atoms with Crippen molar-refractivity contribution in [2.45, 2.75) is 15.5 Å². The van der Waals surface area contributed by atoms with Crippen LogP contribution in [0.4, 0.5) is 0 Å². The van der Waals surface area contributed by atoms with Crippen molar-refractivity contribution in [3.63, 3.8) is 0 Å². The predicted octanol–water partition coefficient (Wildman–Crippen LogP) is 2.35. The Kier molecular flexibility index (Phi) is 4.80. The highest BCUT2D eigenvalue weighted by Crippen LogP contribution is 2.30. The molecule has 3 rings (SSSR count). The fourth-order valence-corrected chi connectivity index (χ4v) is 5.04. The SMILES string of the molecule is O=C(Cc1ccsc1S(=O)(=O)c1ccc(Cl)cc1)C(=O)c1ncn[nH]1. The second kappa shape index (κ2) is 6.87. The number of Topliss-reactive ketones (excluding diaryl/α,β-unsaturated/α-hetero) is 2. The van der Waals surface area contributed by atoms with E-state index in [2.05, 4.69) is 15.2 Å². The summed E-state index contributed by atoms with van der Waals surface area (Å²) in [6.45, 7) is 0. The molecule has 7 nitrogen and oxygen atoms in total. The lowest BCUT2D eigenvalue weighted by Crippen LogP contribution is -2.19. The molecule has 0 saturated heterocycles. The molecule has 0 aliphatic heterocycles. The van der Waals surface area contributed by atoms with Crippen molar-refractivity contribution in [1.82, 2.24) is 15.2 Å². The van der Waals surface area contributed by atoms with E-state index in [0.29, 0.717) is 5.02 Å². The van der Waals surface area contributed by atoms with E-state index in [-0.39, 0.29) is 26.9 Å². The fourth-order valence-electron chi connectivity index (χ4n) is 2.11. The van der Waals surface area contributed by atoms with E-state index < -0.39 is 21.4 Å². The lowest BCUT2D eigenvalue weighted by Gasteiger charge is -2.05. The van der Waals surface area contributed by atoms with E-state index in [4.69, 9.17) is 11.6 Å². The summed E-state index contributed by atoms with van der Waals surface area (Å²) < 4.78 is 25.5. The van der Waals surface area contributed by atoms with Gasteiger partial charge in [-0.2, -0.15) is 5.10 Å². The largest absolute Gasteiger partial charge is 0.290 e. The van der Waals surface area contributed by atoms with Gasteiger partial charge in [0.25, 0.3) is 5.78 Å². The van der Waals surface area contributed by atoms with Gasteiger partial charge in [-0.05, 0) is 41.3 Å². The normalized spacial score (nSPS) is 11.4.